The van der Waals surface area contributed by atoms with Crippen molar-refractivity contribution in [2.45, 2.75) is 45.6 Å². The van der Waals surface area contributed by atoms with E-state index < -0.39 is 0 Å². The van der Waals surface area contributed by atoms with Gasteiger partial charge in [0, 0.05) is 19.5 Å². The summed E-state index contributed by atoms with van der Waals surface area (Å²) >= 11 is 6.38. The average molecular weight is 271 g/mol. The third-order valence-corrected chi connectivity index (χ3v) is 4.57. The second kappa shape index (κ2) is 5.59. The summed E-state index contributed by atoms with van der Waals surface area (Å²) in [4.78, 5) is 0. The molecule has 2 unspecified atom stereocenters. The number of hydrogen-bond donors (Lipinski definition) is 2. The fourth-order valence-electron chi connectivity index (χ4n) is 2.60. The minimum atomic E-state index is 0.273. The standard InChI is InChI=1S/C13H23ClN4/c1-4-10-13(14)12(18(3)17-10)7-11(16-15)8(2)9-5-6-9/h8-9,11,16H,4-7,15H2,1-3H3. The van der Waals surface area contributed by atoms with Gasteiger partial charge in [-0.2, -0.15) is 5.10 Å². The predicted octanol–water partition coefficient (Wildman–Crippen LogP) is 2.06. The zero-order valence-electron chi connectivity index (χ0n) is 11.4. The molecule has 0 spiro atoms. The van der Waals surface area contributed by atoms with Crippen molar-refractivity contribution < 1.29 is 0 Å². The van der Waals surface area contributed by atoms with Gasteiger partial charge in [-0.25, -0.2) is 0 Å². The van der Waals surface area contributed by atoms with E-state index in [1.54, 1.807) is 0 Å². The Morgan fingerprint density at radius 3 is 2.67 bits per heavy atom. The highest BCUT2D eigenvalue weighted by molar-refractivity contribution is 6.31. The van der Waals surface area contributed by atoms with Gasteiger partial charge in [-0.15, -0.1) is 0 Å². The SMILES string of the molecule is CCc1nn(C)c(CC(NN)C(C)C2CC2)c1Cl. The van der Waals surface area contributed by atoms with Gasteiger partial charge in [0.1, 0.15) is 0 Å². The topological polar surface area (TPSA) is 55.9 Å². The second-order valence-electron chi connectivity index (χ2n) is 5.36. The van der Waals surface area contributed by atoms with Crippen LogP contribution in [0.15, 0.2) is 0 Å². The van der Waals surface area contributed by atoms with Crippen LogP contribution in [0, 0.1) is 11.8 Å². The van der Waals surface area contributed by atoms with E-state index in [0.717, 1.165) is 35.2 Å². The molecule has 0 bridgehead atoms. The molecular weight excluding hydrogens is 248 g/mol. The first-order valence-electron chi connectivity index (χ1n) is 6.74. The minimum Gasteiger partial charge on any atom is -0.271 e. The van der Waals surface area contributed by atoms with Crippen LogP contribution in [0.3, 0.4) is 0 Å². The molecular formula is C13H23ClN4. The molecule has 0 amide bonds. The van der Waals surface area contributed by atoms with Gasteiger partial charge in [0.2, 0.25) is 0 Å². The van der Waals surface area contributed by atoms with E-state index in [0.29, 0.717) is 5.92 Å². The van der Waals surface area contributed by atoms with E-state index in [-0.39, 0.29) is 6.04 Å². The third kappa shape index (κ3) is 2.71. The summed E-state index contributed by atoms with van der Waals surface area (Å²) in [5, 5.41) is 5.26. The van der Waals surface area contributed by atoms with Crippen molar-refractivity contribution in [3.8, 4) is 0 Å². The summed E-state index contributed by atoms with van der Waals surface area (Å²) < 4.78 is 1.89. The van der Waals surface area contributed by atoms with Crippen LogP contribution in [-0.2, 0) is 19.9 Å². The summed E-state index contributed by atoms with van der Waals surface area (Å²) in [5.41, 5.74) is 5.02. The molecule has 1 fully saturated rings. The third-order valence-electron chi connectivity index (χ3n) is 4.13. The van der Waals surface area contributed by atoms with E-state index >= 15 is 0 Å². The molecule has 0 saturated heterocycles. The van der Waals surface area contributed by atoms with Crippen molar-refractivity contribution in [2.75, 3.05) is 0 Å². The predicted molar refractivity (Wildman–Crippen MR) is 74.3 cm³/mol. The number of rotatable bonds is 6. The number of halogens is 1. The molecule has 1 aliphatic rings. The Balaban J connectivity index is 2.13. The maximum absolute atomic E-state index is 6.38. The van der Waals surface area contributed by atoms with Gasteiger partial charge in [0.15, 0.2) is 0 Å². The van der Waals surface area contributed by atoms with Crippen LogP contribution >= 0.6 is 11.6 Å². The maximum atomic E-state index is 6.38. The van der Waals surface area contributed by atoms with Gasteiger partial charge in [-0.1, -0.05) is 25.4 Å². The van der Waals surface area contributed by atoms with Crippen molar-refractivity contribution in [3.05, 3.63) is 16.4 Å². The number of hydrogen-bond acceptors (Lipinski definition) is 3. The van der Waals surface area contributed by atoms with Crippen molar-refractivity contribution in [3.63, 3.8) is 0 Å². The number of nitrogens with one attached hydrogen (secondary N) is 1. The fourth-order valence-corrected chi connectivity index (χ4v) is 2.97. The Morgan fingerprint density at radius 2 is 2.22 bits per heavy atom. The zero-order chi connectivity index (χ0) is 13.3. The summed E-state index contributed by atoms with van der Waals surface area (Å²) in [6.07, 6.45) is 4.37. The lowest BCUT2D eigenvalue weighted by Gasteiger charge is -2.23. The van der Waals surface area contributed by atoms with Crippen LogP contribution in [0.5, 0.6) is 0 Å². The minimum absolute atomic E-state index is 0.273. The lowest BCUT2D eigenvalue weighted by Crippen LogP contribution is -2.42. The molecule has 18 heavy (non-hydrogen) atoms. The zero-order valence-corrected chi connectivity index (χ0v) is 12.2. The van der Waals surface area contributed by atoms with Crippen LogP contribution in [0.2, 0.25) is 5.02 Å². The van der Waals surface area contributed by atoms with Gasteiger partial charge < -0.3 is 0 Å². The normalized spacial score (nSPS) is 18.9. The molecule has 1 saturated carbocycles. The fraction of sp³-hybridized carbons (Fsp3) is 0.769. The number of nitrogens with zero attached hydrogens (tertiary/aromatic N) is 2. The van der Waals surface area contributed by atoms with Crippen LogP contribution in [0.25, 0.3) is 0 Å². The molecule has 2 atom stereocenters. The lowest BCUT2D eigenvalue weighted by molar-refractivity contribution is 0.338. The molecule has 1 heterocycles. The molecule has 1 aliphatic carbocycles. The summed E-state index contributed by atoms with van der Waals surface area (Å²) in [7, 11) is 1.95. The summed E-state index contributed by atoms with van der Waals surface area (Å²) in [6, 6.07) is 0.273. The molecule has 5 heteroatoms. The van der Waals surface area contributed by atoms with Gasteiger partial charge in [-0.3, -0.25) is 16.0 Å². The number of aromatic nitrogens is 2. The van der Waals surface area contributed by atoms with Crippen LogP contribution in [0.1, 0.15) is 38.1 Å². The van der Waals surface area contributed by atoms with Crippen LogP contribution in [-0.4, -0.2) is 15.8 Å². The smallest absolute Gasteiger partial charge is 0.0850 e. The molecule has 3 N–H and O–H groups in total. The molecule has 0 radical (unpaired) electrons. The van der Waals surface area contributed by atoms with Crippen LogP contribution < -0.4 is 11.3 Å². The Kier molecular flexibility index (Phi) is 4.30. The highest BCUT2D eigenvalue weighted by Gasteiger charge is 2.33. The first-order chi connectivity index (χ1) is 8.58. The molecule has 0 aliphatic heterocycles. The quantitative estimate of drug-likeness (QED) is 0.615. The molecule has 1 aromatic heterocycles. The summed E-state index contributed by atoms with van der Waals surface area (Å²) in [5.74, 6) is 7.12. The lowest BCUT2D eigenvalue weighted by atomic mass is 9.93. The molecule has 102 valence electrons. The van der Waals surface area contributed by atoms with Gasteiger partial charge in [-0.05, 0) is 31.1 Å². The Morgan fingerprint density at radius 1 is 1.56 bits per heavy atom. The monoisotopic (exact) mass is 270 g/mol. The second-order valence-corrected chi connectivity index (χ2v) is 5.74. The molecule has 4 nitrogen and oxygen atoms in total. The maximum Gasteiger partial charge on any atom is 0.0850 e. The van der Waals surface area contributed by atoms with Crippen molar-refractivity contribution in [1.29, 1.82) is 0 Å². The first kappa shape index (κ1) is 13.8. The molecule has 1 aromatic rings. The van der Waals surface area contributed by atoms with Crippen molar-refractivity contribution in [1.82, 2.24) is 15.2 Å². The highest BCUT2D eigenvalue weighted by Crippen LogP contribution is 2.39. The van der Waals surface area contributed by atoms with E-state index in [2.05, 4.69) is 24.4 Å². The largest absolute Gasteiger partial charge is 0.271 e. The highest BCUT2D eigenvalue weighted by atomic mass is 35.5. The van der Waals surface area contributed by atoms with Crippen molar-refractivity contribution in [2.24, 2.45) is 24.7 Å². The molecule has 2 rings (SSSR count). The Labute approximate surface area is 114 Å². The number of aryl methyl sites for hydroxylation is 2. The average Bonchev–Trinajstić information content (AvgIpc) is 3.16. The van der Waals surface area contributed by atoms with Crippen molar-refractivity contribution >= 4 is 11.6 Å². The van der Waals surface area contributed by atoms with Gasteiger partial charge in [0.05, 0.1) is 16.4 Å². The van der Waals surface area contributed by atoms with E-state index in [1.165, 1.54) is 12.8 Å². The van der Waals surface area contributed by atoms with E-state index in [9.17, 15) is 0 Å². The Bertz CT molecular complexity index is 411. The number of hydrazine groups is 1. The molecule has 0 aromatic carbocycles. The van der Waals surface area contributed by atoms with E-state index in [4.69, 9.17) is 17.4 Å². The van der Waals surface area contributed by atoms with Gasteiger partial charge >= 0.3 is 0 Å². The van der Waals surface area contributed by atoms with Crippen LogP contribution in [0.4, 0.5) is 0 Å². The first-order valence-corrected chi connectivity index (χ1v) is 7.12. The number of nitrogens with two attached hydrogens (primary N) is 1. The Hall–Kier alpha value is -0.580. The van der Waals surface area contributed by atoms with E-state index in [1.807, 2.05) is 11.7 Å². The summed E-state index contributed by atoms with van der Waals surface area (Å²) in [6.45, 7) is 4.34. The van der Waals surface area contributed by atoms with Gasteiger partial charge in [0.25, 0.3) is 0 Å².